The Balaban J connectivity index is 2.37. The number of amides is 1. The number of hydrogen-bond donors (Lipinski definition) is 3. The number of nitrogens with zero attached hydrogens (tertiary/aromatic N) is 2. The van der Waals surface area contributed by atoms with E-state index in [1.807, 2.05) is 0 Å². The van der Waals surface area contributed by atoms with Crippen molar-refractivity contribution in [3.63, 3.8) is 0 Å². The average Bonchev–Trinajstić information content (AvgIpc) is 2.83. The molecular weight excluding hydrogens is 327 g/mol. The number of unbranched alkanes of at least 4 members (excludes halogenated alkanes) is 2. The number of hydrogen-bond acceptors (Lipinski definition) is 4. The summed E-state index contributed by atoms with van der Waals surface area (Å²) in [5, 5.41) is 12.5. The number of halogens is 2. The predicted octanol–water partition coefficient (Wildman–Crippen LogP) is 3.29. The van der Waals surface area contributed by atoms with Crippen LogP contribution in [0, 0.1) is 0 Å². The molecule has 0 aromatic carbocycles. The minimum Gasteiger partial charge on any atom is -0.360 e. The molecule has 0 bridgehead atoms. The summed E-state index contributed by atoms with van der Waals surface area (Å²) in [6.07, 6.45) is 5.66. The number of fused-ring (bicyclic) bond motifs is 1. The Labute approximate surface area is 138 Å². The third-order valence-electron chi connectivity index (χ3n) is 3.27. The van der Waals surface area contributed by atoms with Crippen LogP contribution in [-0.4, -0.2) is 27.0 Å². The molecule has 6 nitrogen and oxygen atoms in total. The van der Waals surface area contributed by atoms with Crippen LogP contribution < -0.4 is 10.8 Å². The van der Waals surface area contributed by atoms with Gasteiger partial charge in [0.05, 0.1) is 22.3 Å². The molecule has 0 unspecified atom stereocenters. The van der Waals surface area contributed by atoms with E-state index in [1.165, 1.54) is 0 Å². The molecule has 1 amide bonds. The normalized spacial score (nSPS) is 10.9. The molecule has 0 spiro atoms. The number of hydroxylamine groups is 1. The molecule has 0 aliphatic carbocycles. The van der Waals surface area contributed by atoms with Crippen LogP contribution in [0.4, 0.5) is 5.82 Å². The lowest BCUT2D eigenvalue weighted by atomic mass is 10.1. The molecule has 0 saturated carbocycles. The molecule has 120 valence electrons. The Morgan fingerprint density at radius 2 is 2.18 bits per heavy atom. The highest BCUT2D eigenvalue weighted by Gasteiger charge is 2.15. The minimum absolute atomic E-state index is 0.0742. The summed E-state index contributed by atoms with van der Waals surface area (Å²) >= 11 is 12.2. The third-order valence-corrected chi connectivity index (χ3v) is 3.76. The first-order valence-electron chi connectivity index (χ1n) is 7.09. The average molecular weight is 345 g/mol. The van der Waals surface area contributed by atoms with Gasteiger partial charge >= 0.3 is 0 Å². The Hall–Kier alpha value is -1.50. The monoisotopic (exact) mass is 344 g/mol. The highest BCUT2D eigenvalue weighted by Crippen LogP contribution is 2.28. The van der Waals surface area contributed by atoms with Gasteiger partial charge < -0.3 is 5.32 Å². The van der Waals surface area contributed by atoms with Crippen molar-refractivity contribution < 1.29 is 10.0 Å². The number of pyridine rings is 1. The number of rotatable bonds is 7. The molecule has 0 radical (unpaired) electrons. The fourth-order valence-electron chi connectivity index (χ4n) is 2.23. The van der Waals surface area contributed by atoms with E-state index in [0.717, 1.165) is 31.4 Å². The molecule has 2 aromatic heterocycles. The van der Waals surface area contributed by atoms with E-state index in [4.69, 9.17) is 28.4 Å². The molecule has 3 N–H and O–H groups in total. The first-order chi connectivity index (χ1) is 10.6. The minimum atomic E-state index is -0.539. The summed E-state index contributed by atoms with van der Waals surface area (Å²) in [7, 11) is 0. The standard InChI is InChI=1S/C14H18Cl2N4O2/c1-2-3-4-5-11-14(17-7-12(21)19-22)20-8-9(15)6-10(16)13(20)18-11/h6,8,17,22H,2-5,7H2,1H3,(H,19,21). The number of aromatic nitrogens is 2. The van der Waals surface area contributed by atoms with Crippen LogP contribution in [0.25, 0.3) is 5.65 Å². The van der Waals surface area contributed by atoms with Crippen LogP contribution in [0.2, 0.25) is 10.0 Å². The first kappa shape index (κ1) is 16.9. The van der Waals surface area contributed by atoms with Gasteiger partial charge in [-0.1, -0.05) is 43.0 Å². The van der Waals surface area contributed by atoms with Gasteiger partial charge in [0.25, 0.3) is 5.91 Å². The molecule has 8 heteroatoms. The molecule has 0 saturated heterocycles. The number of aryl methyl sites for hydroxylation is 1. The molecule has 0 aliphatic heterocycles. The Bertz CT molecular complexity index is 672. The second-order valence-corrected chi connectivity index (χ2v) is 5.80. The summed E-state index contributed by atoms with van der Waals surface area (Å²) in [4.78, 5) is 15.8. The molecule has 0 fully saturated rings. The second kappa shape index (κ2) is 7.67. The summed E-state index contributed by atoms with van der Waals surface area (Å²) in [6.45, 7) is 2.06. The molecule has 0 aliphatic rings. The molecule has 2 aromatic rings. The Morgan fingerprint density at radius 1 is 1.41 bits per heavy atom. The predicted molar refractivity (Wildman–Crippen MR) is 86.9 cm³/mol. The van der Waals surface area contributed by atoms with Gasteiger partial charge in [-0.15, -0.1) is 0 Å². The smallest absolute Gasteiger partial charge is 0.262 e. The van der Waals surface area contributed by atoms with E-state index in [-0.39, 0.29) is 6.54 Å². The molecular formula is C14H18Cl2N4O2. The number of imidazole rings is 1. The van der Waals surface area contributed by atoms with Crippen LogP contribution in [0.3, 0.4) is 0 Å². The molecule has 2 rings (SSSR count). The number of anilines is 1. The van der Waals surface area contributed by atoms with Crippen LogP contribution >= 0.6 is 23.2 Å². The summed E-state index contributed by atoms with van der Waals surface area (Å²) < 4.78 is 1.73. The van der Waals surface area contributed by atoms with Gasteiger partial charge in [-0.25, -0.2) is 10.5 Å². The van der Waals surface area contributed by atoms with Crippen LogP contribution in [0.15, 0.2) is 12.3 Å². The molecule has 0 atom stereocenters. The highest BCUT2D eigenvalue weighted by molar-refractivity contribution is 6.36. The lowest BCUT2D eigenvalue weighted by Gasteiger charge is -2.08. The number of carbonyl (C=O) groups excluding carboxylic acids is 1. The maximum Gasteiger partial charge on any atom is 0.262 e. The lowest BCUT2D eigenvalue weighted by Crippen LogP contribution is -2.27. The van der Waals surface area contributed by atoms with Gasteiger partial charge in [-0.05, 0) is 18.9 Å². The number of nitrogens with one attached hydrogen (secondary N) is 2. The Morgan fingerprint density at radius 3 is 2.86 bits per heavy atom. The zero-order chi connectivity index (χ0) is 16.1. The van der Waals surface area contributed by atoms with Crippen LogP contribution in [0.5, 0.6) is 0 Å². The lowest BCUT2D eigenvalue weighted by molar-refractivity contribution is -0.127. The van der Waals surface area contributed by atoms with Crippen molar-refractivity contribution in [3.8, 4) is 0 Å². The van der Waals surface area contributed by atoms with E-state index in [2.05, 4.69) is 17.2 Å². The van der Waals surface area contributed by atoms with Gasteiger partial charge in [-0.3, -0.25) is 14.4 Å². The fraction of sp³-hybridized carbons (Fsp3) is 0.429. The van der Waals surface area contributed by atoms with Gasteiger partial charge in [0.1, 0.15) is 5.82 Å². The maximum absolute atomic E-state index is 11.2. The van der Waals surface area contributed by atoms with E-state index in [1.54, 1.807) is 22.1 Å². The molecule has 22 heavy (non-hydrogen) atoms. The van der Waals surface area contributed by atoms with E-state index >= 15 is 0 Å². The summed E-state index contributed by atoms with van der Waals surface area (Å²) in [5.74, 6) is 0.127. The zero-order valence-corrected chi connectivity index (χ0v) is 13.7. The van der Waals surface area contributed by atoms with Gasteiger partial charge in [-0.2, -0.15) is 0 Å². The van der Waals surface area contributed by atoms with Crippen molar-refractivity contribution in [2.24, 2.45) is 0 Å². The van der Waals surface area contributed by atoms with Gasteiger partial charge in [0.15, 0.2) is 5.65 Å². The van der Waals surface area contributed by atoms with Gasteiger partial charge in [0, 0.05) is 6.20 Å². The largest absolute Gasteiger partial charge is 0.360 e. The zero-order valence-electron chi connectivity index (χ0n) is 12.2. The van der Waals surface area contributed by atoms with Crippen LogP contribution in [-0.2, 0) is 11.2 Å². The highest BCUT2D eigenvalue weighted by atomic mass is 35.5. The first-order valence-corrected chi connectivity index (χ1v) is 7.85. The van der Waals surface area contributed by atoms with Crippen molar-refractivity contribution in [1.29, 1.82) is 0 Å². The van der Waals surface area contributed by atoms with Gasteiger partial charge in [0.2, 0.25) is 0 Å². The molecule has 2 heterocycles. The Kier molecular flexibility index (Phi) is 5.88. The second-order valence-electron chi connectivity index (χ2n) is 4.95. The van der Waals surface area contributed by atoms with Crippen molar-refractivity contribution >= 4 is 40.6 Å². The third kappa shape index (κ3) is 3.82. The van der Waals surface area contributed by atoms with Crippen LogP contribution in [0.1, 0.15) is 31.9 Å². The maximum atomic E-state index is 11.2. The van der Waals surface area contributed by atoms with E-state index in [9.17, 15) is 4.79 Å². The van der Waals surface area contributed by atoms with Crippen molar-refractivity contribution in [2.45, 2.75) is 32.6 Å². The number of carbonyl (C=O) groups is 1. The van der Waals surface area contributed by atoms with Crippen molar-refractivity contribution in [3.05, 3.63) is 28.0 Å². The quantitative estimate of drug-likeness (QED) is 0.409. The van der Waals surface area contributed by atoms with E-state index in [0.29, 0.717) is 21.5 Å². The van der Waals surface area contributed by atoms with Crippen molar-refractivity contribution in [1.82, 2.24) is 14.9 Å². The summed E-state index contributed by atoms with van der Waals surface area (Å²) in [6, 6.07) is 1.63. The topological polar surface area (TPSA) is 78.7 Å². The van der Waals surface area contributed by atoms with E-state index < -0.39 is 5.91 Å². The SMILES string of the molecule is CCCCCc1nc2c(Cl)cc(Cl)cn2c1NCC(=O)NO. The fourth-order valence-corrected chi connectivity index (χ4v) is 2.74. The van der Waals surface area contributed by atoms with Crippen molar-refractivity contribution in [2.75, 3.05) is 11.9 Å². The summed E-state index contributed by atoms with van der Waals surface area (Å²) in [5.41, 5.74) is 3.00.